The zero-order valence-corrected chi connectivity index (χ0v) is 19.6. The Kier molecular flexibility index (Phi) is 7.71. The number of nitrogens with one attached hydrogen (secondary N) is 1. The number of anilines is 3. The topological polar surface area (TPSA) is 110 Å². The van der Waals surface area contributed by atoms with Crippen molar-refractivity contribution in [3.63, 3.8) is 0 Å². The van der Waals surface area contributed by atoms with Crippen molar-refractivity contribution in [2.45, 2.75) is 13.0 Å². The summed E-state index contributed by atoms with van der Waals surface area (Å²) < 4.78 is 31.4. The van der Waals surface area contributed by atoms with Gasteiger partial charge in [0, 0.05) is 42.5 Å². The van der Waals surface area contributed by atoms with E-state index in [2.05, 4.69) is 27.1 Å². The van der Waals surface area contributed by atoms with E-state index in [1.54, 1.807) is 49.5 Å². The van der Waals surface area contributed by atoms with Crippen LogP contribution in [0.5, 0.6) is 11.5 Å². The first-order valence-electron chi connectivity index (χ1n) is 11.0. The number of amides is 1. The van der Waals surface area contributed by atoms with Gasteiger partial charge in [0.05, 0.1) is 12.1 Å². The van der Waals surface area contributed by atoms with Crippen molar-refractivity contribution >= 4 is 34.0 Å². The molecular formula is C26H21F2N5O4. The minimum absolute atomic E-state index is 0.117. The van der Waals surface area contributed by atoms with Gasteiger partial charge in [0.1, 0.15) is 23.6 Å². The molecule has 4 rings (SSSR count). The number of pyridine rings is 1. The van der Waals surface area contributed by atoms with Gasteiger partial charge in [-0.2, -0.15) is 8.78 Å². The van der Waals surface area contributed by atoms with Crippen LogP contribution in [0.1, 0.15) is 13.0 Å². The minimum atomic E-state index is -2.92. The van der Waals surface area contributed by atoms with Gasteiger partial charge in [0.25, 0.3) is 5.56 Å². The molecule has 0 atom stereocenters. The number of ether oxygens (including phenoxy) is 1. The smallest absolute Gasteiger partial charge is 0.321 e. The van der Waals surface area contributed by atoms with Crippen molar-refractivity contribution in [3.8, 4) is 23.3 Å². The van der Waals surface area contributed by atoms with Crippen molar-refractivity contribution < 1.29 is 23.4 Å². The number of halogens is 2. The molecule has 0 unspecified atom stereocenters. The Hall–Kier alpha value is -4.82. The zero-order valence-electron chi connectivity index (χ0n) is 19.6. The maximum atomic E-state index is 12.7. The van der Waals surface area contributed by atoms with Gasteiger partial charge in [-0.25, -0.2) is 9.97 Å². The fourth-order valence-electron chi connectivity index (χ4n) is 3.32. The van der Waals surface area contributed by atoms with Crippen molar-refractivity contribution in [2.24, 2.45) is 0 Å². The van der Waals surface area contributed by atoms with Crippen molar-refractivity contribution in [1.29, 1.82) is 0 Å². The number of carbonyl (C=O) groups is 1. The number of aromatic nitrogens is 3. The highest BCUT2D eigenvalue weighted by Gasteiger charge is 2.12. The van der Waals surface area contributed by atoms with Crippen LogP contribution in [0.25, 0.3) is 10.9 Å². The molecule has 2 N–H and O–H groups in total. The first-order valence-corrected chi connectivity index (χ1v) is 11.0. The number of hydrogen-bond donors (Lipinski definition) is 2. The lowest BCUT2D eigenvalue weighted by atomic mass is 10.2. The number of fused-ring (bicyclic) bond motifs is 1. The van der Waals surface area contributed by atoms with Gasteiger partial charge in [0.2, 0.25) is 0 Å². The monoisotopic (exact) mass is 505 g/mol. The standard InChI is InChI=1S/C26H21F2N5O4/c1-32(23(35)4-2-3-13-34)18-7-10-22-21(14-18)25(30-16-29-22)31-17-5-8-19(9-6-17)37-20-11-12-33(26(27)28)24(36)15-20/h5-12,14-16,26,34H,3,13H2,1H3,(H,29,30,31). The molecule has 0 radical (unpaired) electrons. The molecule has 0 aliphatic heterocycles. The predicted molar refractivity (Wildman–Crippen MR) is 134 cm³/mol. The summed E-state index contributed by atoms with van der Waals surface area (Å²) in [6.45, 7) is -3.04. The van der Waals surface area contributed by atoms with Gasteiger partial charge in [-0.3, -0.25) is 14.2 Å². The van der Waals surface area contributed by atoms with Gasteiger partial charge in [-0.05, 0) is 54.5 Å². The van der Waals surface area contributed by atoms with E-state index in [1.165, 1.54) is 17.3 Å². The maximum Gasteiger partial charge on any atom is 0.321 e. The predicted octanol–water partition coefficient (Wildman–Crippen LogP) is 4.07. The van der Waals surface area contributed by atoms with Crippen LogP contribution in [0.3, 0.4) is 0 Å². The van der Waals surface area contributed by atoms with Crippen LogP contribution in [0.4, 0.5) is 26.0 Å². The SMILES string of the molecule is CN(C(=O)C#CCCO)c1ccc2ncnc(Nc3ccc(Oc4ccn(C(F)F)c(=O)c4)cc3)c2c1. The number of hydrogen-bond acceptors (Lipinski definition) is 7. The van der Waals surface area contributed by atoms with Crippen LogP contribution >= 0.6 is 0 Å². The van der Waals surface area contributed by atoms with E-state index in [1.807, 2.05) is 0 Å². The number of aliphatic hydroxyl groups excluding tert-OH is 1. The number of rotatable bonds is 7. The summed E-state index contributed by atoms with van der Waals surface area (Å²) in [7, 11) is 1.60. The molecule has 0 spiro atoms. The molecule has 2 aromatic carbocycles. The van der Waals surface area contributed by atoms with Gasteiger partial charge in [-0.15, -0.1) is 0 Å². The van der Waals surface area contributed by atoms with E-state index in [9.17, 15) is 18.4 Å². The summed E-state index contributed by atoms with van der Waals surface area (Å²) in [5, 5.41) is 12.7. The summed E-state index contributed by atoms with van der Waals surface area (Å²) in [5.41, 5.74) is 1.05. The number of aliphatic hydroxyl groups is 1. The molecule has 9 nitrogen and oxygen atoms in total. The normalized spacial score (nSPS) is 10.6. The minimum Gasteiger partial charge on any atom is -0.457 e. The Morgan fingerprint density at radius 1 is 1.14 bits per heavy atom. The molecule has 37 heavy (non-hydrogen) atoms. The molecule has 2 heterocycles. The van der Waals surface area contributed by atoms with E-state index in [0.717, 1.165) is 12.3 Å². The number of benzene rings is 2. The lowest BCUT2D eigenvalue weighted by molar-refractivity contribution is -0.113. The second-order valence-corrected chi connectivity index (χ2v) is 7.70. The third-order valence-corrected chi connectivity index (χ3v) is 5.23. The fourth-order valence-corrected chi connectivity index (χ4v) is 3.32. The van der Waals surface area contributed by atoms with E-state index in [-0.39, 0.29) is 18.8 Å². The van der Waals surface area contributed by atoms with Gasteiger partial charge >= 0.3 is 12.5 Å². The first-order chi connectivity index (χ1) is 17.9. The molecular weight excluding hydrogens is 484 g/mol. The van der Waals surface area contributed by atoms with Crippen molar-refractivity contribution in [3.05, 3.63) is 77.5 Å². The van der Waals surface area contributed by atoms with Crippen molar-refractivity contribution in [1.82, 2.24) is 14.5 Å². The van der Waals surface area contributed by atoms with Crippen LogP contribution in [0, 0.1) is 11.8 Å². The molecule has 188 valence electrons. The Bertz CT molecular complexity index is 1540. The molecule has 11 heteroatoms. The number of carbonyl (C=O) groups excluding carboxylic acids is 1. The summed E-state index contributed by atoms with van der Waals surface area (Å²) in [6, 6.07) is 14.3. The first kappa shape index (κ1) is 25.3. The molecule has 0 fully saturated rings. The Balaban J connectivity index is 1.52. The van der Waals surface area contributed by atoms with Crippen LogP contribution in [-0.2, 0) is 4.79 Å². The lowest BCUT2D eigenvalue weighted by Gasteiger charge is -2.16. The quantitative estimate of drug-likeness (QED) is 0.365. The zero-order chi connectivity index (χ0) is 26.4. The van der Waals surface area contributed by atoms with Crippen LogP contribution in [0.2, 0.25) is 0 Å². The van der Waals surface area contributed by atoms with Crippen LogP contribution in [-0.4, -0.2) is 39.2 Å². The van der Waals surface area contributed by atoms with Crippen LogP contribution in [0.15, 0.2) is 71.9 Å². The summed E-state index contributed by atoms with van der Waals surface area (Å²) in [6.07, 6.45) is 2.60. The molecule has 0 aliphatic rings. The van der Waals surface area contributed by atoms with Gasteiger partial charge in [-0.1, -0.05) is 5.92 Å². The molecule has 0 bridgehead atoms. The van der Waals surface area contributed by atoms with E-state index in [0.29, 0.717) is 38.4 Å². The van der Waals surface area contributed by atoms with E-state index >= 15 is 0 Å². The fraction of sp³-hybridized carbons (Fsp3) is 0.154. The van der Waals surface area contributed by atoms with E-state index < -0.39 is 18.0 Å². The molecule has 0 saturated carbocycles. The lowest BCUT2D eigenvalue weighted by Crippen LogP contribution is -2.24. The largest absolute Gasteiger partial charge is 0.457 e. The third kappa shape index (κ3) is 6.06. The van der Waals surface area contributed by atoms with Crippen molar-refractivity contribution in [2.75, 3.05) is 23.9 Å². The summed E-state index contributed by atoms with van der Waals surface area (Å²) >= 11 is 0. The van der Waals surface area contributed by atoms with E-state index in [4.69, 9.17) is 9.84 Å². The molecule has 1 amide bonds. The molecule has 0 aliphatic carbocycles. The Morgan fingerprint density at radius 2 is 1.92 bits per heavy atom. The highest BCUT2D eigenvalue weighted by molar-refractivity contribution is 6.06. The second kappa shape index (κ2) is 11.3. The Labute approximate surface area is 210 Å². The average molecular weight is 505 g/mol. The number of alkyl halides is 2. The molecule has 2 aromatic heterocycles. The number of nitrogens with zero attached hydrogens (tertiary/aromatic N) is 4. The van der Waals surface area contributed by atoms with Crippen LogP contribution < -0.4 is 20.5 Å². The second-order valence-electron chi connectivity index (χ2n) is 7.70. The summed E-state index contributed by atoms with van der Waals surface area (Å²) in [4.78, 5) is 34.0. The molecule has 4 aromatic rings. The highest BCUT2D eigenvalue weighted by Crippen LogP contribution is 2.28. The third-order valence-electron chi connectivity index (χ3n) is 5.23. The maximum absolute atomic E-state index is 12.7. The van der Waals surface area contributed by atoms with Gasteiger partial charge < -0.3 is 20.1 Å². The molecule has 0 saturated heterocycles. The Morgan fingerprint density at radius 3 is 2.62 bits per heavy atom. The van der Waals surface area contributed by atoms with Gasteiger partial charge in [0.15, 0.2) is 0 Å². The summed E-state index contributed by atoms with van der Waals surface area (Å²) in [5.74, 6) is 5.72. The highest BCUT2D eigenvalue weighted by atomic mass is 19.3. The average Bonchev–Trinajstić information content (AvgIpc) is 2.89.